The van der Waals surface area contributed by atoms with Gasteiger partial charge in [-0.2, -0.15) is 18.3 Å². The Bertz CT molecular complexity index is 1130. The lowest BCUT2D eigenvalue weighted by molar-refractivity contribution is -0.173. The first-order valence-corrected chi connectivity index (χ1v) is 10.3. The fourth-order valence-corrected chi connectivity index (χ4v) is 3.78. The van der Waals surface area contributed by atoms with Crippen LogP contribution in [0, 0.1) is 0 Å². The van der Waals surface area contributed by atoms with Crippen LogP contribution in [0.15, 0.2) is 54.6 Å². The topological polar surface area (TPSA) is 88.4 Å². The van der Waals surface area contributed by atoms with Crippen molar-refractivity contribution < 1.29 is 27.8 Å². The van der Waals surface area contributed by atoms with Crippen LogP contribution in [0.2, 0.25) is 0 Å². The quantitative estimate of drug-likeness (QED) is 0.506. The molecule has 3 aromatic rings. The number of nitrogens with one attached hydrogen (secondary N) is 2. The average Bonchev–Trinajstić information content (AvgIpc) is 3.22. The molecule has 0 saturated carbocycles. The molecule has 0 bridgehead atoms. The van der Waals surface area contributed by atoms with Gasteiger partial charge in [-0.1, -0.05) is 24.3 Å². The number of methoxy groups -OCH3 is 1. The summed E-state index contributed by atoms with van der Waals surface area (Å²) >= 11 is 0. The van der Waals surface area contributed by atoms with E-state index in [1.807, 2.05) is 0 Å². The molecule has 0 saturated heterocycles. The number of carbonyl (C=O) groups excluding carboxylic acids is 1. The largest absolute Gasteiger partial charge is 0.497 e. The number of rotatable bonds is 5. The third-order valence-corrected chi connectivity index (χ3v) is 5.59. The summed E-state index contributed by atoms with van der Waals surface area (Å²) in [6.07, 6.45) is -5.47. The maximum atomic E-state index is 13.9. The van der Waals surface area contributed by atoms with E-state index in [0.717, 1.165) is 4.68 Å². The number of fused-ring (bicyclic) bond motifs is 1. The van der Waals surface area contributed by atoms with Crippen LogP contribution in [-0.2, 0) is 0 Å². The lowest BCUT2D eigenvalue weighted by Gasteiger charge is -2.33. The molecule has 1 amide bonds. The normalized spacial score (nSPS) is 18.7. The van der Waals surface area contributed by atoms with Gasteiger partial charge in [0.2, 0.25) is 0 Å². The minimum absolute atomic E-state index is 0.110. The number of ether oxygens (including phenoxy) is 1. The SMILES string of the molecule is COc1ccc([C@@H]2C[C@H](C(F)(F)F)n3nc(C(=O)Nc4ccc([C@@H](C)O)cc4)cc3N2)cc1. The maximum Gasteiger partial charge on any atom is 0.410 e. The van der Waals surface area contributed by atoms with Gasteiger partial charge >= 0.3 is 6.18 Å². The van der Waals surface area contributed by atoms with Crippen LogP contribution in [0.5, 0.6) is 5.75 Å². The summed E-state index contributed by atoms with van der Waals surface area (Å²) in [5.41, 5.74) is 1.64. The highest BCUT2D eigenvalue weighted by Crippen LogP contribution is 2.43. The molecule has 3 atom stereocenters. The van der Waals surface area contributed by atoms with Crippen molar-refractivity contribution in [2.75, 3.05) is 17.7 Å². The molecule has 10 heteroatoms. The van der Waals surface area contributed by atoms with Crippen LogP contribution in [-0.4, -0.2) is 34.1 Å². The summed E-state index contributed by atoms with van der Waals surface area (Å²) in [6.45, 7) is 1.62. The molecule has 1 aliphatic heterocycles. The van der Waals surface area contributed by atoms with E-state index < -0.39 is 30.3 Å². The van der Waals surface area contributed by atoms with Crippen molar-refractivity contribution in [2.24, 2.45) is 0 Å². The van der Waals surface area contributed by atoms with Gasteiger partial charge < -0.3 is 20.5 Å². The zero-order valence-electron chi connectivity index (χ0n) is 17.9. The Labute approximate surface area is 188 Å². The number of alkyl halides is 3. The predicted octanol–water partition coefficient (Wildman–Crippen LogP) is 4.86. The van der Waals surface area contributed by atoms with E-state index >= 15 is 0 Å². The van der Waals surface area contributed by atoms with Gasteiger partial charge in [0.15, 0.2) is 11.7 Å². The van der Waals surface area contributed by atoms with Crippen LogP contribution in [0.25, 0.3) is 0 Å². The van der Waals surface area contributed by atoms with Gasteiger partial charge in [-0.15, -0.1) is 0 Å². The van der Waals surface area contributed by atoms with Gasteiger partial charge in [-0.25, -0.2) is 4.68 Å². The summed E-state index contributed by atoms with van der Waals surface area (Å²) < 4.78 is 47.5. The highest BCUT2D eigenvalue weighted by Gasteiger charge is 2.46. The average molecular weight is 460 g/mol. The van der Waals surface area contributed by atoms with Gasteiger partial charge in [0.1, 0.15) is 11.6 Å². The minimum atomic E-state index is -4.54. The second-order valence-electron chi connectivity index (χ2n) is 7.87. The highest BCUT2D eigenvalue weighted by molar-refractivity contribution is 6.03. The zero-order valence-corrected chi connectivity index (χ0v) is 17.9. The van der Waals surface area contributed by atoms with Crippen LogP contribution >= 0.6 is 0 Å². The zero-order chi connectivity index (χ0) is 23.8. The Morgan fingerprint density at radius 2 is 1.88 bits per heavy atom. The fraction of sp³-hybridized carbons (Fsp3) is 0.304. The molecule has 33 heavy (non-hydrogen) atoms. The van der Waals surface area contributed by atoms with Crippen molar-refractivity contribution in [1.82, 2.24) is 9.78 Å². The Kier molecular flexibility index (Phi) is 6.03. The first-order valence-electron chi connectivity index (χ1n) is 10.3. The van der Waals surface area contributed by atoms with Crippen molar-refractivity contribution in [1.29, 1.82) is 0 Å². The molecule has 2 aromatic carbocycles. The van der Waals surface area contributed by atoms with E-state index in [-0.39, 0.29) is 17.9 Å². The minimum Gasteiger partial charge on any atom is -0.497 e. The van der Waals surface area contributed by atoms with Gasteiger partial charge in [0, 0.05) is 18.2 Å². The van der Waals surface area contributed by atoms with Crippen molar-refractivity contribution in [3.8, 4) is 5.75 Å². The maximum absolute atomic E-state index is 13.9. The molecule has 174 valence electrons. The van der Waals surface area contributed by atoms with Crippen LogP contribution in [0.3, 0.4) is 0 Å². The van der Waals surface area contributed by atoms with Crippen LogP contribution in [0.4, 0.5) is 24.7 Å². The molecule has 1 aromatic heterocycles. The van der Waals surface area contributed by atoms with Crippen LogP contribution in [0.1, 0.15) is 53.1 Å². The van der Waals surface area contributed by atoms with Crippen LogP contribution < -0.4 is 15.4 Å². The Morgan fingerprint density at radius 1 is 1.21 bits per heavy atom. The van der Waals surface area contributed by atoms with E-state index in [1.54, 1.807) is 55.5 Å². The lowest BCUT2D eigenvalue weighted by atomic mass is 9.97. The van der Waals surface area contributed by atoms with E-state index in [4.69, 9.17) is 4.74 Å². The monoisotopic (exact) mass is 460 g/mol. The number of benzene rings is 2. The molecule has 0 unspecified atom stereocenters. The number of anilines is 2. The summed E-state index contributed by atoms with van der Waals surface area (Å²) in [4.78, 5) is 12.7. The number of aliphatic hydroxyl groups excluding tert-OH is 1. The van der Waals surface area contributed by atoms with Crippen molar-refractivity contribution >= 4 is 17.4 Å². The molecule has 0 radical (unpaired) electrons. The molecule has 4 rings (SSSR count). The Hall–Kier alpha value is -3.53. The summed E-state index contributed by atoms with van der Waals surface area (Å²) in [7, 11) is 1.51. The lowest BCUT2D eigenvalue weighted by Crippen LogP contribution is -2.35. The molecule has 7 nitrogen and oxygen atoms in total. The van der Waals surface area contributed by atoms with Gasteiger partial charge in [0.05, 0.1) is 19.3 Å². The molecular weight excluding hydrogens is 437 g/mol. The molecule has 2 heterocycles. The molecule has 0 fully saturated rings. The molecule has 0 spiro atoms. The number of carbonyl (C=O) groups is 1. The van der Waals surface area contributed by atoms with Crippen molar-refractivity contribution in [3.63, 3.8) is 0 Å². The first-order chi connectivity index (χ1) is 15.7. The Balaban J connectivity index is 1.59. The summed E-state index contributed by atoms with van der Waals surface area (Å²) in [6, 6.07) is 12.1. The second kappa shape index (κ2) is 8.78. The number of halogens is 3. The third kappa shape index (κ3) is 4.80. The Morgan fingerprint density at radius 3 is 2.45 bits per heavy atom. The smallest absolute Gasteiger partial charge is 0.410 e. The van der Waals surface area contributed by atoms with E-state index in [0.29, 0.717) is 22.6 Å². The molecule has 1 aliphatic rings. The second-order valence-corrected chi connectivity index (χ2v) is 7.87. The van der Waals surface area contributed by atoms with Gasteiger partial charge in [0.25, 0.3) is 5.91 Å². The van der Waals surface area contributed by atoms with Gasteiger partial charge in [-0.3, -0.25) is 4.79 Å². The van der Waals surface area contributed by atoms with E-state index in [2.05, 4.69) is 15.7 Å². The number of aromatic nitrogens is 2. The van der Waals surface area contributed by atoms with E-state index in [1.165, 1.54) is 13.2 Å². The summed E-state index contributed by atoms with van der Waals surface area (Å²) in [5.74, 6) is 0.0804. The summed E-state index contributed by atoms with van der Waals surface area (Å²) in [5, 5.41) is 19.2. The fourth-order valence-electron chi connectivity index (χ4n) is 3.78. The van der Waals surface area contributed by atoms with E-state index in [9.17, 15) is 23.1 Å². The number of amides is 1. The number of nitrogens with zero attached hydrogens (tertiary/aromatic N) is 2. The highest BCUT2D eigenvalue weighted by atomic mass is 19.4. The van der Waals surface area contributed by atoms with Gasteiger partial charge in [-0.05, 0) is 42.3 Å². The van der Waals surface area contributed by atoms with Crippen molar-refractivity contribution in [3.05, 3.63) is 71.4 Å². The number of hydrogen-bond donors (Lipinski definition) is 3. The number of hydrogen-bond acceptors (Lipinski definition) is 5. The molecule has 0 aliphatic carbocycles. The third-order valence-electron chi connectivity index (χ3n) is 5.59. The number of aliphatic hydroxyl groups is 1. The first kappa shape index (κ1) is 22.7. The van der Waals surface area contributed by atoms with Crippen molar-refractivity contribution in [2.45, 2.75) is 37.7 Å². The standard InChI is InChI=1S/C23H23F3N4O3/c1-13(31)14-3-7-16(8-4-14)27-22(32)19-12-21-28-18(15-5-9-17(33-2)10-6-15)11-20(23(24,25)26)30(21)29-19/h3-10,12-13,18,20,28,31H,11H2,1-2H3,(H,27,32)/t13-,18+,20-/m1/s1. The molecule has 3 N–H and O–H groups in total. The predicted molar refractivity (Wildman–Crippen MR) is 116 cm³/mol. The molecular formula is C23H23F3N4O3.